The van der Waals surface area contributed by atoms with Gasteiger partial charge >= 0.3 is 6.09 Å². The van der Waals surface area contributed by atoms with Gasteiger partial charge in [-0.3, -0.25) is 9.59 Å². The fraction of sp³-hybridized carbons (Fsp3) is 0.429. The Morgan fingerprint density at radius 2 is 1.62 bits per heavy atom. The van der Waals surface area contributed by atoms with Gasteiger partial charge in [0.2, 0.25) is 5.91 Å². The van der Waals surface area contributed by atoms with Gasteiger partial charge in [0, 0.05) is 11.4 Å². The monoisotopic (exact) mass is 524 g/mol. The fourth-order valence-electron chi connectivity index (χ4n) is 4.05. The van der Waals surface area contributed by atoms with Crippen molar-refractivity contribution in [2.24, 2.45) is 0 Å². The first-order valence-corrected chi connectivity index (χ1v) is 12.6. The van der Waals surface area contributed by atoms with Crippen molar-refractivity contribution in [2.75, 3.05) is 17.6 Å². The molecule has 198 valence electrons. The SMILES string of the molecule is Cc1cc(C)cc(C(C(=O)Nc2c(C)cccc2C)N(CC#N)C(=O)C(CS)NC(=O)OC(C)(C)C)c1. The van der Waals surface area contributed by atoms with E-state index in [2.05, 4.69) is 23.3 Å². The van der Waals surface area contributed by atoms with Crippen LogP contribution in [-0.4, -0.2) is 46.7 Å². The van der Waals surface area contributed by atoms with E-state index in [1.54, 1.807) is 20.8 Å². The molecule has 8 nitrogen and oxygen atoms in total. The molecule has 2 aromatic carbocycles. The van der Waals surface area contributed by atoms with Gasteiger partial charge in [0.25, 0.3) is 5.91 Å². The predicted octanol–water partition coefficient (Wildman–Crippen LogP) is 4.78. The molecule has 0 aliphatic rings. The molecule has 0 saturated heterocycles. The summed E-state index contributed by atoms with van der Waals surface area (Å²) < 4.78 is 5.29. The molecule has 0 radical (unpaired) electrons. The minimum absolute atomic E-state index is 0.0574. The summed E-state index contributed by atoms with van der Waals surface area (Å²) in [7, 11) is 0. The highest BCUT2D eigenvalue weighted by Crippen LogP contribution is 2.28. The topological polar surface area (TPSA) is 112 Å². The van der Waals surface area contributed by atoms with Crippen LogP contribution in [0.1, 0.15) is 54.6 Å². The summed E-state index contributed by atoms with van der Waals surface area (Å²) in [6.07, 6.45) is -0.792. The maximum Gasteiger partial charge on any atom is 0.408 e. The number of nitrogens with one attached hydrogen (secondary N) is 2. The Morgan fingerprint density at radius 3 is 2.11 bits per heavy atom. The van der Waals surface area contributed by atoms with E-state index in [0.29, 0.717) is 11.3 Å². The van der Waals surface area contributed by atoms with E-state index < -0.39 is 35.6 Å². The molecular weight excluding hydrogens is 488 g/mol. The van der Waals surface area contributed by atoms with Gasteiger partial charge in [0.15, 0.2) is 0 Å². The molecule has 2 atom stereocenters. The normalized spacial score (nSPS) is 12.6. The number of nitrogens with zero attached hydrogens (tertiary/aromatic N) is 2. The highest BCUT2D eigenvalue weighted by molar-refractivity contribution is 7.80. The molecule has 0 fully saturated rings. The van der Waals surface area contributed by atoms with Gasteiger partial charge in [0.05, 0.1) is 6.07 Å². The minimum Gasteiger partial charge on any atom is -0.444 e. The number of ether oxygens (including phenoxy) is 1. The third kappa shape index (κ3) is 8.25. The van der Waals surface area contributed by atoms with Crippen LogP contribution in [0.4, 0.5) is 10.5 Å². The predicted molar refractivity (Wildman–Crippen MR) is 148 cm³/mol. The van der Waals surface area contributed by atoms with E-state index in [0.717, 1.165) is 22.3 Å². The standard InChI is InChI=1S/C28H36N4O4S/c1-17-13-18(2)15-21(14-17)24(25(33)31-23-19(3)9-8-10-20(23)4)32(12-11-29)26(34)22(16-37)30-27(35)36-28(5,6)7/h8-10,13-15,22,24,37H,12,16H2,1-7H3,(H,30,35)(H,31,33). The molecule has 9 heteroatoms. The summed E-state index contributed by atoms with van der Waals surface area (Å²) in [5.74, 6) is -1.15. The number of alkyl carbamates (subject to hydrolysis) is 1. The molecule has 3 amide bonds. The van der Waals surface area contributed by atoms with Crippen molar-refractivity contribution in [1.82, 2.24) is 10.2 Å². The maximum atomic E-state index is 13.8. The number of hydrogen-bond donors (Lipinski definition) is 3. The van der Waals surface area contributed by atoms with Gasteiger partial charge in [-0.25, -0.2) is 4.79 Å². The summed E-state index contributed by atoms with van der Waals surface area (Å²) >= 11 is 4.25. The van der Waals surface area contributed by atoms with Gasteiger partial charge in [-0.15, -0.1) is 0 Å². The lowest BCUT2D eigenvalue weighted by atomic mass is 9.98. The second kappa shape index (κ2) is 12.6. The molecule has 2 N–H and O–H groups in total. The number of rotatable bonds is 8. The van der Waals surface area contributed by atoms with Crippen LogP contribution in [0.5, 0.6) is 0 Å². The first-order valence-electron chi connectivity index (χ1n) is 12.0. The second-order valence-corrected chi connectivity index (χ2v) is 10.5. The number of amides is 3. The van der Waals surface area contributed by atoms with Crippen molar-refractivity contribution in [2.45, 2.75) is 66.2 Å². The molecule has 0 heterocycles. The van der Waals surface area contributed by atoms with Crippen molar-refractivity contribution >= 4 is 36.2 Å². The number of anilines is 1. The number of nitriles is 1. The molecule has 0 aliphatic heterocycles. The highest BCUT2D eigenvalue weighted by Gasteiger charge is 2.36. The van der Waals surface area contributed by atoms with Gasteiger partial charge in [0.1, 0.15) is 24.2 Å². The Kier molecular flexibility index (Phi) is 10.2. The van der Waals surface area contributed by atoms with Crippen LogP contribution >= 0.6 is 12.6 Å². The zero-order valence-corrected chi connectivity index (χ0v) is 23.4. The Hall–Kier alpha value is -3.51. The zero-order valence-electron chi connectivity index (χ0n) is 22.5. The van der Waals surface area contributed by atoms with Crippen molar-refractivity contribution in [3.05, 3.63) is 64.2 Å². The van der Waals surface area contributed by atoms with Crippen LogP contribution in [0.15, 0.2) is 36.4 Å². The van der Waals surface area contributed by atoms with Crippen molar-refractivity contribution in [3.63, 3.8) is 0 Å². The number of para-hydroxylation sites is 1. The third-order valence-electron chi connectivity index (χ3n) is 5.54. The molecule has 0 saturated carbocycles. The largest absolute Gasteiger partial charge is 0.444 e. The Morgan fingerprint density at radius 1 is 1.05 bits per heavy atom. The number of benzene rings is 2. The van der Waals surface area contributed by atoms with Gasteiger partial charge < -0.3 is 20.3 Å². The number of hydrogen-bond acceptors (Lipinski definition) is 6. The Labute approximate surface area is 224 Å². The van der Waals surface area contributed by atoms with Crippen LogP contribution in [0.25, 0.3) is 0 Å². The summed E-state index contributed by atoms with van der Waals surface area (Å²) in [5, 5.41) is 15.1. The quantitative estimate of drug-likeness (QED) is 0.340. The van der Waals surface area contributed by atoms with E-state index in [-0.39, 0.29) is 12.3 Å². The van der Waals surface area contributed by atoms with Crippen LogP contribution in [-0.2, 0) is 14.3 Å². The smallest absolute Gasteiger partial charge is 0.408 e. The van der Waals surface area contributed by atoms with Crippen molar-refractivity contribution in [1.29, 1.82) is 5.26 Å². The number of carbonyl (C=O) groups excluding carboxylic acids is 3. The van der Waals surface area contributed by atoms with Gasteiger partial charge in [-0.2, -0.15) is 17.9 Å². The maximum absolute atomic E-state index is 13.8. The van der Waals surface area contributed by atoms with Crippen LogP contribution < -0.4 is 10.6 Å². The summed E-state index contributed by atoms with van der Waals surface area (Å²) in [6, 6.07) is 11.0. The molecular formula is C28H36N4O4S. The Balaban J connectivity index is 2.54. The summed E-state index contributed by atoms with van der Waals surface area (Å²) in [5.41, 5.74) is 3.97. The zero-order chi connectivity index (χ0) is 27.9. The van der Waals surface area contributed by atoms with Crippen LogP contribution in [0.2, 0.25) is 0 Å². The van der Waals surface area contributed by atoms with E-state index in [4.69, 9.17) is 4.74 Å². The number of carbonyl (C=O) groups is 3. The Bertz CT molecular complexity index is 1160. The lowest BCUT2D eigenvalue weighted by molar-refractivity contribution is -0.139. The molecule has 2 unspecified atom stereocenters. The van der Waals surface area contributed by atoms with Crippen molar-refractivity contribution in [3.8, 4) is 6.07 Å². The molecule has 37 heavy (non-hydrogen) atoms. The van der Waals surface area contributed by atoms with E-state index in [9.17, 15) is 19.6 Å². The van der Waals surface area contributed by atoms with Gasteiger partial charge in [-0.05, 0) is 65.2 Å². The summed E-state index contributed by atoms with van der Waals surface area (Å²) in [4.78, 5) is 41.1. The minimum atomic E-state index is -1.13. The van der Waals surface area contributed by atoms with Gasteiger partial charge in [-0.1, -0.05) is 47.5 Å². The van der Waals surface area contributed by atoms with Crippen molar-refractivity contribution < 1.29 is 19.1 Å². The first-order chi connectivity index (χ1) is 17.3. The fourth-order valence-corrected chi connectivity index (χ4v) is 4.30. The average molecular weight is 525 g/mol. The molecule has 2 aromatic rings. The first kappa shape index (κ1) is 29.7. The van der Waals surface area contributed by atoms with Crippen LogP contribution in [0.3, 0.4) is 0 Å². The van der Waals surface area contributed by atoms with Crippen LogP contribution in [0, 0.1) is 39.0 Å². The third-order valence-corrected chi connectivity index (χ3v) is 5.91. The number of thiol groups is 1. The highest BCUT2D eigenvalue weighted by atomic mass is 32.1. The van der Waals surface area contributed by atoms with E-state index in [1.165, 1.54) is 4.90 Å². The van der Waals surface area contributed by atoms with E-state index >= 15 is 0 Å². The average Bonchev–Trinajstić information content (AvgIpc) is 2.77. The summed E-state index contributed by atoms with van der Waals surface area (Å²) in [6.45, 7) is 12.3. The lowest BCUT2D eigenvalue weighted by Gasteiger charge is -2.33. The molecule has 0 bridgehead atoms. The number of aryl methyl sites for hydroxylation is 4. The molecule has 0 aliphatic carbocycles. The molecule has 2 rings (SSSR count). The second-order valence-electron chi connectivity index (χ2n) is 10.1. The molecule has 0 aromatic heterocycles. The molecule has 0 spiro atoms. The lowest BCUT2D eigenvalue weighted by Crippen LogP contribution is -2.53. The van der Waals surface area contributed by atoms with E-state index in [1.807, 2.05) is 70.2 Å².